The van der Waals surface area contributed by atoms with Crippen molar-refractivity contribution in [1.29, 1.82) is 0 Å². The first-order valence-corrected chi connectivity index (χ1v) is 4.76. The highest BCUT2D eigenvalue weighted by atomic mass is 32.2. The minimum atomic E-state index is 0.262. The Labute approximate surface area is 69.4 Å². The lowest BCUT2D eigenvalue weighted by atomic mass is 10.3. The summed E-state index contributed by atoms with van der Waals surface area (Å²) in [5, 5.41) is 13.5. The van der Waals surface area contributed by atoms with Gasteiger partial charge < -0.3 is 5.11 Å². The van der Waals surface area contributed by atoms with Gasteiger partial charge in [0, 0.05) is 0 Å². The van der Waals surface area contributed by atoms with E-state index in [1.54, 1.807) is 6.20 Å². The molecule has 1 fully saturated rings. The lowest BCUT2D eigenvalue weighted by Gasteiger charge is -2.06. The molecule has 11 heavy (non-hydrogen) atoms. The van der Waals surface area contributed by atoms with Crippen LogP contribution in [0.4, 0.5) is 0 Å². The molecule has 4 heteroatoms. The number of aromatic hydroxyl groups is 1. The van der Waals surface area contributed by atoms with Gasteiger partial charge in [0.25, 0.3) is 0 Å². The van der Waals surface area contributed by atoms with E-state index >= 15 is 0 Å². The van der Waals surface area contributed by atoms with Gasteiger partial charge in [0.15, 0.2) is 5.75 Å². The summed E-state index contributed by atoms with van der Waals surface area (Å²) in [4.78, 5) is 0. The summed E-state index contributed by atoms with van der Waals surface area (Å²) in [6.45, 7) is 0. The Morgan fingerprint density at radius 1 is 1.73 bits per heavy atom. The molecular formula is C7H10N2OS. The molecular weight excluding hydrogens is 160 g/mol. The van der Waals surface area contributed by atoms with Crippen LogP contribution in [0.2, 0.25) is 0 Å². The molecule has 0 bridgehead atoms. The minimum absolute atomic E-state index is 0.262. The maximum absolute atomic E-state index is 9.02. The van der Waals surface area contributed by atoms with Crippen molar-refractivity contribution in [1.82, 2.24) is 9.78 Å². The summed E-state index contributed by atoms with van der Waals surface area (Å²) < 4.78 is 1.84. The van der Waals surface area contributed by atoms with Crippen LogP contribution in [0.5, 0.6) is 5.75 Å². The third-order valence-electron chi connectivity index (χ3n) is 1.79. The van der Waals surface area contributed by atoms with E-state index in [-0.39, 0.29) is 5.75 Å². The van der Waals surface area contributed by atoms with Gasteiger partial charge in [0.1, 0.15) is 0 Å². The van der Waals surface area contributed by atoms with E-state index in [1.807, 2.05) is 16.4 Å². The number of hydrogen-bond acceptors (Lipinski definition) is 3. The van der Waals surface area contributed by atoms with E-state index in [2.05, 4.69) is 5.10 Å². The van der Waals surface area contributed by atoms with Crippen molar-refractivity contribution < 1.29 is 5.11 Å². The summed E-state index contributed by atoms with van der Waals surface area (Å²) in [6.07, 6.45) is 5.60. The molecule has 60 valence electrons. The molecule has 2 rings (SSSR count). The van der Waals surface area contributed by atoms with E-state index in [0.717, 1.165) is 0 Å². The monoisotopic (exact) mass is 170 g/mol. The van der Waals surface area contributed by atoms with Crippen molar-refractivity contribution >= 4 is 11.8 Å². The van der Waals surface area contributed by atoms with Crippen LogP contribution in [0, 0.1) is 0 Å². The largest absolute Gasteiger partial charge is 0.505 e. The third-order valence-corrected chi connectivity index (χ3v) is 3.15. The number of aromatic nitrogens is 2. The molecule has 1 N–H and O–H groups in total. The Bertz CT molecular complexity index is 242. The second-order valence-corrected chi connectivity index (χ2v) is 3.93. The first kappa shape index (κ1) is 7.03. The smallest absolute Gasteiger partial charge is 0.153 e. The lowest BCUT2D eigenvalue weighted by Crippen LogP contribution is -2.00. The van der Waals surface area contributed by atoms with Crippen molar-refractivity contribution in [3.05, 3.63) is 12.4 Å². The van der Waals surface area contributed by atoms with Gasteiger partial charge >= 0.3 is 0 Å². The summed E-state index contributed by atoms with van der Waals surface area (Å²) >= 11 is 1.90. The Balaban J connectivity index is 2.15. The van der Waals surface area contributed by atoms with E-state index in [4.69, 9.17) is 5.11 Å². The molecule has 1 atom stereocenters. The normalized spacial score (nSPS) is 24.2. The van der Waals surface area contributed by atoms with Gasteiger partial charge in [-0.2, -0.15) is 5.10 Å². The lowest BCUT2D eigenvalue weighted by molar-refractivity contribution is 0.472. The van der Waals surface area contributed by atoms with Crippen LogP contribution in [0.15, 0.2) is 12.4 Å². The fraction of sp³-hybridized carbons (Fsp3) is 0.571. The number of rotatable bonds is 1. The highest BCUT2D eigenvalue weighted by molar-refractivity contribution is 7.99. The topological polar surface area (TPSA) is 38.1 Å². The maximum atomic E-state index is 9.02. The molecule has 0 radical (unpaired) electrons. The second kappa shape index (κ2) is 2.77. The first-order chi connectivity index (χ1) is 5.36. The predicted octanol–water partition coefficient (Wildman–Crippen LogP) is 1.61. The maximum Gasteiger partial charge on any atom is 0.153 e. The molecule has 1 aromatic heterocycles. The van der Waals surface area contributed by atoms with Crippen molar-refractivity contribution in [3.8, 4) is 5.75 Å². The number of nitrogens with zero attached hydrogens (tertiary/aromatic N) is 2. The van der Waals surface area contributed by atoms with Gasteiger partial charge in [0.2, 0.25) is 0 Å². The SMILES string of the molecule is Oc1cnn(C2CCCS2)c1. The van der Waals surface area contributed by atoms with E-state index < -0.39 is 0 Å². The summed E-state index contributed by atoms with van der Waals surface area (Å²) in [6, 6.07) is 0. The molecule has 0 saturated carbocycles. The molecule has 0 spiro atoms. The Morgan fingerprint density at radius 3 is 3.18 bits per heavy atom. The van der Waals surface area contributed by atoms with Gasteiger partial charge in [0.05, 0.1) is 17.8 Å². The van der Waals surface area contributed by atoms with Crippen molar-refractivity contribution in [3.63, 3.8) is 0 Å². The van der Waals surface area contributed by atoms with Gasteiger partial charge in [-0.15, -0.1) is 11.8 Å². The average molecular weight is 170 g/mol. The van der Waals surface area contributed by atoms with Crippen LogP contribution in [0.1, 0.15) is 18.2 Å². The molecule has 1 aliphatic heterocycles. The number of hydrogen-bond donors (Lipinski definition) is 1. The minimum Gasteiger partial charge on any atom is -0.505 e. The zero-order valence-corrected chi connectivity index (χ0v) is 6.92. The molecule has 1 unspecified atom stereocenters. The van der Waals surface area contributed by atoms with Gasteiger partial charge in [-0.3, -0.25) is 4.68 Å². The average Bonchev–Trinajstić information content (AvgIpc) is 2.55. The first-order valence-electron chi connectivity index (χ1n) is 3.71. The molecule has 0 aliphatic carbocycles. The zero-order valence-electron chi connectivity index (χ0n) is 6.10. The van der Waals surface area contributed by atoms with Gasteiger partial charge in [-0.05, 0) is 18.6 Å². The Kier molecular flexibility index (Phi) is 1.77. The highest BCUT2D eigenvalue weighted by Gasteiger charge is 2.17. The van der Waals surface area contributed by atoms with Crippen molar-refractivity contribution in [2.24, 2.45) is 0 Å². The molecule has 2 heterocycles. The van der Waals surface area contributed by atoms with Crippen LogP contribution < -0.4 is 0 Å². The van der Waals surface area contributed by atoms with E-state index in [9.17, 15) is 0 Å². The molecule has 1 aliphatic rings. The highest BCUT2D eigenvalue weighted by Crippen LogP contribution is 2.35. The summed E-state index contributed by atoms with van der Waals surface area (Å²) in [5.74, 6) is 1.48. The summed E-state index contributed by atoms with van der Waals surface area (Å²) in [5.41, 5.74) is 0. The Morgan fingerprint density at radius 2 is 2.64 bits per heavy atom. The van der Waals surface area contributed by atoms with Gasteiger partial charge in [-0.25, -0.2) is 0 Å². The van der Waals surface area contributed by atoms with Crippen molar-refractivity contribution in [2.75, 3.05) is 5.75 Å². The zero-order chi connectivity index (χ0) is 7.68. The molecule has 0 amide bonds. The van der Waals surface area contributed by atoms with Crippen LogP contribution in [0.3, 0.4) is 0 Å². The van der Waals surface area contributed by atoms with E-state index in [1.165, 1.54) is 24.8 Å². The molecule has 1 aromatic rings. The molecule has 1 saturated heterocycles. The molecule has 0 aromatic carbocycles. The standard InChI is InChI=1S/C7H10N2OS/c10-6-4-8-9(5-6)7-2-1-3-11-7/h4-5,7,10H,1-3H2. The molecule has 3 nitrogen and oxygen atoms in total. The van der Waals surface area contributed by atoms with Crippen LogP contribution in [0.25, 0.3) is 0 Å². The Hall–Kier alpha value is -0.640. The quantitative estimate of drug-likeness (QED) is 0.696. The van der Waals surface area contributed by atoms with Gasteiger partial charge in [-0.1, -0.05) is 0 Å². The van der Waals surface area contributed by atoms with Crippen LogP contribution >= 0.6 is 11.8 Å². The summed E-state index contributed by atoms with van der Waals surface area (Å²) in [7, 11) is 0. The fourth-order valence-electron chi connectivity index (χ4n) is 1.25. The van der Waals surface area contributed by atoms with E-state index in [0.29, 0.717) is 5.37 Å². The third kappa shape index (κ3) is 1.35. The second-order valence-electron chi connectivity index (χ2n) is 2.65. The predicted molar refractivity (Wildman–Crippen MR) is 44.6 cm³/mol. The van der Waals surface area contributed by atoms with Crippen LogP contribution in [-0.4, -0.2) is 20.6 Å². The number of thioether (sulfide) groups is 1. The van der Waals surface area contributed by atoms with Crippen LogP contribution in [-0.2, 0) is 0 Å². The fourth-order valence-corrected chi connectivity index (χ4v) is 2.46. The van der Waals surface area contributed by atoms with Crippen molar-refractivity contribution in [2.45, 2.75) is 18.2 Å².